The molecule has 0 aliphatic carbocycles. The van der Waals surface area contributed by atoms with Crippen LogP contribution in [0.25, 0.3) is 10.8 Å². The van der Waals surface area contributed by atoms with Crippen LogP contribution in [0.5, 0.6) is 0 Å². The number of carbonyl (C=O) groups excluding carboxylic acids is 1. The van der Waals surface area contributed by atoms with Gasteiger partial charge >= 0.3 is 21.5 Å². The molecule has 2 aromatic carbocycles. The summed E-state index contributed by atoms with van der Waals surface area (Å²) in [6.45, 7) is 6.31. The largest absolute Gasteiger partial charge is 0.511 e. The molecule has 5 nitrogen and oxygen atoms in total. The van der Waals surface area contributed by atoms with Gasteiger partial charge in [-0.05, 0) is 55.2 Å². The van der Waals surface area contributed by atoms with Crippen LogP contribution in [0, 0.1) is 12.3 Å². The quantitative estimate of drug-likeness (QED) is 0.679. The van der Waals surface area contributed by atoms with Gasteiger partial charge in [-0.2, -0.15) is 17.5 Å². The van der Waals surface area contributed by atoms with Gasteiger partial charge in [0.15, 0.2) is 0 Å². The molecule has 9 heteroatoms. The Bertz CT molecular complexity index is 1090. The summed E-state index contributed by atoms with van der Waals surface area (Å²) in [6, 6.07) is 6.76. The van der Waals surface area contributed by atoms with E-state index in [0.29, 0.717) is 20.8 Å². The lowest BCUT2D eigenvalue weighted by atomic mass is 9.90. The maximum Gasteiger partial charge on any atom is 0.511 e. The first kappa shape index (κ1) is 21.6. The van der Waals surface area contributed by atoms with E-state index in [1.54, 1.807) is 45.9 Å². The van der Waals surface area contributed by atoms with E-state index in [9.17, 15) is 26.4 Å². The first-order valence-corrected chi connectivity index (χ1v) is 10.4. The van der Waals surface area contributed by atoms with Gasteiger partial charge in [0.2, 0.25) is 0 Å². The minimum absolute atomic E-state index is 0.0345. The van der Waals surface area contributed by atoms with E-state index in [2.05, 4.69) is 0 Å². The first-order valence-electron chi connectivity index (χ1n) is 9.00. The number of alkyl halides is 3. The molecule has 0 saturated heterocycles. The van der Waals surface area contributed by atoms with Gasteiger partial charge in [0.25, 0.3) is 0 Å². The van der Waals surface area contributed by atoms with E-state index < -0.39 is 20.9 Å². The van der Waals surface area contributed by atoms with Crippen LogP contribution < -0.4 is 0 Å². The summed E-state index contributed by atoms with van der Waals surface area (Å²) >= 11 is 0. The Morgan fingerprint density at radius 2 is 1.76 bits per heavy atom. The van der Waals surface area contributed by atoms with Gasteiger partial charge in [0, 0.05) is 18.7 Å². The Hall–Kier alpha value is -2.13. The average molecular weight is 429 g/mol. The van der Waals surface area contributed by atoms with Gasteiger partial charge in [-0.25, -0.2) is 8.42 Å². The monoisotopic (exact) mass is 429 g/mol. The highest BCUT2D eigenvalue weighted by atomic mass is 32.2. The van der Waals surface area contributed by atoms with Crippen molar-refractivity contribution in [3.8, 4) is 0 Å². The van der Waals surface area contributed by atoms with Crippen LogP contribution in [-0.4, -0.2) is 24.2 Å². The third kappa shape index (κ3) is 3.85. The molecular formula is C20H22F3NO4S. The van der Waals surface area contributed by atoms with Crippen molar-refractivity contribution < 1.29 is 31.1 Å². The summed E-state index contributed by atoms with van der Waals surface area (Å²) in [6.07, 6.45) is 0. The number of carbonyl (C=O) groups is 1. The Kier molecular flexibility index (Phi) is 5.20. The van der Waals surface area contributed by atoms with Crippen molar-refractivity contribution in [3.63, 3.8) is 0 Å². The minimum Gasteiger partial charge on any atom is -0.460 e. The number of esters is 1. The molecule has 1 heterocycles. The highest BCUT2D eigenvalue weighted by Gasteiger charge is 2.50. The molecule has 2 aromatic rings. The van der Waals surface area contributed by atoms with Crippen molar-refractivity contribution in [3.05, 3.63) is 46.5 Å². The molecule has 0 aromatic heterocycles. The Morgan fingerprint density at radius 1 is 1.14 bits per heavy atom. The third-order valence-electron chi connectivity index (χ3n) is 4.95. The number of benzene rings is 2. The maximum atomic E-state index is 13.0. The predicted molar refractivity (Wildman–Crippen MR) is 102 cm³/mol. The highest BCUT2D eigenvalue weighted by Crippen LogP contribution is 2.38. The van der Waals surface area contributed by atoms with Gasteiger partial charge in [-0.15, -0.1) is 0 Å². The second-order valence-corrected chi connectivity index (χ2v) is 10.1. The topological polar surface area (TPSA) is 63.7 Å². The number of sulfonamides is 1. The molecule has 0 atom stereocenters. The minimum atomic E-state index is -5.44. The smallest absolute Gasteiger partial charge is 0.460 e. The van der Waals surface area contributed by atoms with E-state index in [0.717, 1.165) is 16.5 Å². The number of ether oxygens (including phenoxy) is 1. The molecule has 0 bridgehead atoms. The van der Waals surface area contributed by atoms with E-state index >= 15 is 0 Å². The number of hydrogen-bond donors (Lipinski definition) is 0. The molecule has 1 aliphatic rings. The standard InChI is InChI=1S/C20H22F3NO4S/c1-12-8-14-10-24(29(26,27)20(21,22)23)9-13-6-5-7-15(17(13)14)16(12)11-28-18(25)19(2,3)4/h5-8H,9-11H2,1-4H3. The van der Waals surface area contributed by atoms with Crippen molar-refractivity contribution in [2.45, 2.75) is 52.9 Å². The summed E-state index contributed by atoms with van der Waals surface area (Å²) in [5.74, 6) is -0.361. The predicted octanol–water partition coefficient (Wildman–Crippen LogP) is 4.40. The molecule has 1 aliphatic heterocycles. The Balaban J connectivity index is 2.04. The molecule has 0 saturated carbocycles. The summed E-state index contributed by atoms with van der Waals surface area (Å²) in [7, 11) is -5.44. The third-order valence-corrected chi connectivity index (χ3v) is 6.47. The summed E-state index contributed by atoms with van der Waals surface area (Å²) in [5.41, 5.74) is -3.55. The van der Waals surface area contributed by atoms with Gasteiger partial charge < -0.3 is 4.74 Å². The fourth-order valence-electron chi connectivity index (χ4n) is 3.42. The van der Waals surface area contributed by atoms with Gasteiger partial charge in [-0.3, -0.25) is 4.79 Å². The van der Waals surface area contributed by atoms with Crippen molar-refractivity contribution in [1.82, 2.24) is 4.31 Å². The molecule has 0 N–H and O–H groups in total. The van der Waals surface area contributed by atoms with Crippen LogP contribution >= 0.6 is 0 Å². The van der Waals surface area contributed by atoms with Crippen LogP contribution in [0.2, 0.25) is 0 Å². The molecular weight excluding hydrogens is 407 g/mol. The highest BCUT2D eigenvalue weighted by molar-refractivity contribution is 7.89. The summed E-state index contributed by atoms with van der Waals surface area (Å²) < 4.78 is 68.8. The normalized spacial score (nSPS) is 15.6. The second kappa shape index (κ2) is 6.98. The number of halogens is 3. The van der Waals surface area contributed by atoms with Crippen molar-refractivity contribution in [2.75, 3.05) is 0 Å². The molecule has 0 fully saturated rings. The van der Waals surface area contributed by atoms with Crippen LogP contribution in [0.15, 0.2) is 24.3 Å². The fraction of sp³-hybridized carbons (Fsp3) is 0.450. The van der Waals surface area contributed by atoms with E-state index in [4.69, 9.17) is 4.74 Å². The maximum absolute atomic E-state index is 13.0. The van der Waals surface area contributed by atoms with Crippen LogP contribution in [0.3, 0.4) is 0 Å². The van der Waals surface area contributed by atoms with E-state index in [1.165, 1.54) is 0 Å². The van der Waals surface area contributed by atoms with Crippen molar-refractivity contribution >= 4 is 26.8 Å². The van der Waals surface area contributed by atoms with Gasteiger partial charge in [0.05, 0.1) is 5.41 Å². The Morgan fingerprint density at radius 3 is 2.34 bits per heavy atom. The molecule has 0 unspecified atom stereocenters. The molecule has 0 radical (unpaired) electrons. The Labute approximate surface area is 167 Å². The van der Waals surface area contributed by atoms with Crippen LogP contribution in [0.1, 0.15) is 43.0 Å². The summed E-state index contributed by atoms with van der Waals surface area (Å²) in [4.78, 5) is 12.1. The lowest BCUT2D eigenvalue weighted by Gasteiger charge is -2.30. The lowest BCUT2D eigenvalue weighted by molar-refractivity contribution is -0.154. The molecule has 158 valence electrons. The number of nitrogens with zero attached hydrogens (tertiary/aromatic N) is 1. The number of aryl methyl sites for hydroxylation is 1. The molecule has 29 heavy (non-hydrogen) atoms. The SMILES string of the molecule is Cc1cc2c3c(cccc3c1COC(=O)C(C)(C)C)CN(S(=O)(=O)C(F)(F)F)C2. The van der Waals surface area contributed by atoms with Gasteiger partial charge in [-0.1, -0.05) is 24.3 Å². The van der Waals surface area contributed by atoms with Gasteiger partial charge in [0.1, 0.15) is 6.61 Å². The molecule has 3 rings (SSSR count). The first-order chi connectivity index (χ1) is 13.2. The lowest BCUT2D eigenvalue weighted by Crippen LogP contribution is -2.41. The zero-order valence-electron chi connectivity index (χ0n) is 16.6. The zero-order chi connectivity index (χ0) is 21.8. The number of rotatable bonds is 3. The summed E-state index contributed by atoms with van der Waals surface area (Å²) in [5, 5.41) is 1.47. The molecule has 0 spiro atoms. The van der Waals surface area contributed by atoms with Crippen LogP contribution in [0.4, 0.5) is 13.2 Å². The fourth-order valence-corrected chi connectivity index (χ4v) is 4.33. The van der Waals surface area contributed by atoms with E-state index in [-0.39, 0.29) is 25.7 Å². The van der Waals surface area contributed by atoms with Crippen LogP contribution in [-0.2, 0) is 39.3 Å². The van der Waals surface area contributed by atoms with Crippen molar-refractivity contribution in [2.24, 2.45) is 5.41 Å². The second-order valence-electron chi connectivity index (χ2n) is 8.22. The van der Waals surface area contributed by atoms with Crippen molar-refractivity contribution in [1.29, 1.82) is 0 Å². The molecule has 0 amide bonds. The average Bonchev–Trinajstić information content (AvgIpc) is 2.59. The van der Waals surface area contributed by atoms with E-state index in [1.807, 2.05) is 6.07 Å². The number of hydrogen-bond acceptors (Lipinski definition) is 4. The zero-order valence-corrected chi connectivity index (χ0v) is 17.4.